The summed E-state index contributed by atoms with van der Waals surface area (Å²) >= 11 is 9.30. The van der Waals surface area contributed by atoms with Gasteiger partial charge in [0.15, 0.2) is 18.1 Å². The van der Waals surface area contributed by atoms with Crippen molar-refractivity contribution in [1.29, 1.82) is 0 Å². The van der Waals surface area contributed by atoms with E-state index in [2.05, 4.69) is 33.1 Å². The molecular formula is C24H29BrN2O3S. The number of thiocarbonyl (C=S) groups is 1. The second kappa shape index (κ2) is 10.5. The van der Waals surface area contributed by atoms with E-state index in [-0.39, 0.29) is 12.5 Å². The Hall–Kier alpha value is -2.12. The predicted octanol–water partition coefficient (Wildman–Crippen LogP) is 5.50. The number of piperidine rings is 1. The molecule has 0 radical (unpaired) electrons. The van der Waals surface area contributed by atoms with Crippen LogP contribution in [0, 0.1) is 19.8 Å². The maximum absolute atomic E-state index is 12.4. The average molecular weight is 505 g/mol. The lowest BCUT2D eigenvalue weighted by Gasteiger charge is -2.32. The summed E-state index contributed by atoms with van der Waals surface area (Å²) in [6.45, 7) is 8.09. The molecule has 1 amide bonds. The molecule has 0 atom stereocenters. The number of benzene rings is 2. The van der Waals surface area contributed by atoms with Crippen LogP contribution >= 0.6 is 28.1 Å². The molecule has 0 aliphatic carbocycles. The van der Waals surface area contributed by atoms with Crippen molar-refractivity contribution in [2.24, 2.45) is 5.92 Å². The Labute approximate surface area is 198 Å². The summed E-state index contributed by atoms with van der Waals surface area (Å²) in [5, 5.41) is 2.91. The zero-order chi connectivity index (χ0) is 22.5. The third-order valence-corrected chi connectivity index (χ3v) is 6.86. The number of likely N-dealkylation sites (tertiary alicyclic amines) is 1. The highest BCUT2D eigenvalue weighted by molar-refractivity contribution is 9.10. The zero-order valence-corrected chi connectivity index (χ0v) is 20.9. The fourth-order valence-corrected chi connectivity index (χ4v) is 4.45. The number of hydrogen-bond donors (Lipinski definition) is 1. The molecular weight excluding hydrogens is 476 g/mol. The van der Waals surface area contributed by atoms with Crippen molar-refractivity contribution in [3.05, 3.63) is 51.5 Å². The van der Waals surface area contributed by atoms with Gasteiger partial charge in [0.2, 0.25) is 0 Å². The topological polar surface area (TPSA) is 50.8 Å². The van der Waals surface area contributed by atoms with E-state index in [4.69, 9.17) is 21.7 Å². The van der Waals surface area contributed by atoms with Crippen molar-refractivity contribution in [3.8, 4) is 11.5 Å². The molecule has 31 heavy (non-hydrogen) atoms. The minimum absolute atomic E-state index is 0.129. The molecule has 1 aliphatic rings. The first-order valence-corrected chi connectivity index (χ1v) is 11.7. The number of halogens is 1. The van der Waals surface area contributed by atoms with Crippen molar-refractivity contribution in [1.82, 2.24) is 4.90 Å². The molecule has 0 bridgehead atoms. The van der Waals surface area contributed by atoms with E-state index in [9.17, 15) is 4.79 Å². The fraction of sp³-hybridized carbons (Fsp3) is 0.417. The van der Waals surface area contributed by atoms with Crippen molar-refractivity contribution in [3.63, 3.8) is 0 Å². The van der Waals surface area contributed by atoms with Crippen molar-refractivity contribution < 1.29 is 14.3 Å². The third kappa shape index (κ3) is 5.77. The minimum atomic E-state index is -0.232. The van der Waals surface area contributed by atoms with Gasteiger partial charge in [0.25, 0.3) is 5.91 Å². The van der Waals surface area contributed by atoms with Gasteiger partial charge in [-0.1, -0.05) is 31.3 Å². The van der Waals surface area contributed by atoms with Crippen molar-refractivity contribution in [2.75, 3.05) is 32.1 Å². The van der Waals surface area contributed by atoms with Gasteiger partial charge < -0.3 is 19.7 Å². The molecule has 1 heterocycles. The lowest BCUT2D eigenvalue weighted by molar-refractivity contribution is -0.118. The Kier molecular flexibility index (Phi) is 7.94. The fourth-order valence-electron chi connectivity index (χ4n) is 3.59. The van der Waals surface area contributed by atoms with Crippen LogP contribution in [0.5, 0.6) is 11.5 Å². The largest absolute Gasteiger partial charge is 0.493 e. The molecule has 0 aromatic heterocycles. The smallest absolute Gasteiger partial charge is 0.262 e. The maximum atomic E-state index is 12.4. The van der Waals surface area contributed by atoms with Gasteiger partial charge in [0, 0.05) is 24.3 Å². The van der Waals surface area contributed by atoms with Crippen LogP contribution in [0.4, 0.5) is 5.69 Å². The molecule has 7 heteroatoms. The van der Waals surface area contributed by atoms with Gasteiger partial charge in [-0.05, 0) is 77.9 Å². The van der Waals surface area contributed by atoms with Crippen LogP contribution in [-0.4, -0.2) is 42.6 Å². The first-order chi connectivity index (χ1) is 14.8. The van der Waals surface area contributed by atoms with Crippen molar-refractivity contribution >= 4 is 44.7 Å². The van der Waals surface area contributed by atoms with Crippen LogP contribution in [0.25, 0.3) is 0 Å². The van der Waals surface area contributed by atoms with Crippen LogP contribution in [-0.2, 0) is 4.79 Å². The number of rotatable bonds is 6. The number of carbonyl (C=O) groups excluding carboxylic acids is 1. The lowest BCUT2D eigenvalue weighted by atomic mass is 9.99. The average Bonchev–Trinajstić information content (AvgIpc) is 2.75. The summed E-state index contributed by atoms with van der Waals surface area (Å²) in [4.78, 5) is 15.5. The summed E-state index contributed by atoms with van der Waals surface area (Å²) in [6, 6.07) is 9.63. The number of nitrogens with zero attached hydrogens (tertiary/aromatic N) is 1. The van der Waals surface area contributed by atoms with Gasteiger partial charge in [-0.3, -0.25) is 4.79 Å². The number of hydrogen-bond acceptors (Lipinski definition) is 4. The molecule has 2 aromatic carbocycles. The van der Waals surface area contributed by atoms with E-state index in [0.29, 0.717) is 16.0 Å². The SMILES string of the molecule is COc1cc(C(=S)N2CCC(C)CC2)cc(Br)c1OCC(=O)Nc1cccc(C)c1C. The van der Waals surface area contributed by atoms with Crippen LogP contribution in [0.3, 0.4) is 0 Å². The van der Waals surface area contributed by atoms with E-state index < -0.39 is 0 Å². The normalized spacial score (nSPS) is 14.3. The van der Waals surface area contributed by atoms with E-state index in [1.54, 1.807) is 7.11 Å². The highest BCUT2D eigenvalue weighted by Gasteiger charge is 2.21. The summed E-state index contributed by atoms with van der Waals surface area (Å²) in [7, 11) is 1.58. The van der Waals surface area contributed by atoms with E-state index >= 15 is 0 Å². The van der Waals surface area contributed by atoms with Crippen LogP contribution < -0.4 is 14.8 Å². The molecule has 0 spiro atoms. The van der Waals surface area contributed by atoms with E-state index in [1.165, 1.54) is 0 Å². The first kappa shape index (κ1) is 23.5. The summed E-state index contributed by atoms with van der Waals surface area (Å²) < 4.78 is 12.1. The molecule has 3 rings (SSSR count). The Morgan fingerprint density at radius 2 is 1.97 bits per heavy atom. The monoisotopic (exact) mass is 504 g/mol. The molecule has 0 saturated carbocycles. The highest BCUT2D eigenvalue weighted by atomic mass is 79.9. The highest BCUT2D eigenvalue weighted by Crippen LogP contribution is 2.37. The number of amides is 1. The van der Waals surface area contributed by atoms with Gasteiger partial charge in [0.05, 0.1) is 11.6 Å². The van der Waals surface area contributed by atoms with E-state index in [0.717, 1.165) is 59.2 Å². The second-order valence-electron chi connectivity index (χ2n) is 8.05. The van der Waals surface area contributed by atoms with Crippen LogP contribution in [0.2, 0.25) is 0 Å². The van der Waals surface area contributed by atoms with Gasteiger partial charge in [0.1, 0.15) is 4.99 Å². The Bertz CT molecular complexity index is 972. The van der Waals surface area contributed by atoms with Gasteiger partial charge in [-0.25, -0.2) is 0 Å². The first-order valence-electron chi connectivity index (χ1n) is 10.5. The minimum Gasteiger partial charge on any atom is -0.493 e. The van der Waals surface area contributed by atoms with Gasteiger partial charge in [-0.2, -0.15) is 0 Å². The molecule has 1 N–H and O–H groups in total. The quantitative estimate of drug-likeness (QED) is 0.526. The number of carbonyl (C=O) groups is 1. The number of anilines is 1. The van der Waals surface area contributed by atoms with Crippen molar-refractivity contribution in [2.45, 2.75) is 33.6 Å². The molecule has 5 nitrogen and oxygen atoms in total. The van der Waals surface area contributed by atoms with Gasteiger partial charge in [-0.15, -0.1) is 0 Å². The molecule has 1 fully saturated rings. The standard InChI is InChI=1S/C24H29BrN2O3S/c1-15-8-10-27(11-9-15)24(31)18-12-19(25)23(21(13-18)29-4)30-14-22(28)26-20-7-5-6-16(2)17(20)3/h5-7,12-13,15H,8-11,14H2,1-4H3,(H,26,28). The number of methoxy groups -OCH3 is 1. The summed E-state index contributed by atoms with van der Waals surface area (Å²) in [6.07, 6.45) is 2.30. The van der Waals surface area contributed by atoms with E-state index in [1.807, 2.05) is 44.2 Å². The number of ether oxygens (including phenoxy) is 2. The summed E-state index contributed by atoms with van der Waals surface area (Å²) in [5.41, 5.74) is 3.86. The number of nitrogens with one attached hydrogen (secondary N) is 1. The molecule has 0 unspecified atom stereocenters. The van der Waals surface area contributed by atoms with Crippen LogP contribution in [0.1, 0.15) is 36.5 Å². The lowest BCUT2D eigenvalue weighted by Crippen LogP contribution is -2.37. The number of aryl methyl sites for hydroxylation is 1. The van der Waals surface area contributed by atoms with Crippen LogP contribution in [0.15, 0.2) is 34.8 Å². The maximum Gasteiger partial charge on any atom is 0.262 e. The molecule has 2 aromatic rings. The second-order valence-corrected chi connectivity index (χ2v) is 9.29. The zero-order valence-electron chi connectivity index (χ0n) is 18.5. The Morgan fingerprint density at radius 1 is 1.26 bits per heavy atom. The third-order valence-electron chi connectivity index (χ3n) is 5.77. The van der Waals surface area contributed by atoms with Gasteiger partial charge >= 0.3 is 0 Å². The summed E-state index contributed by atoms with van der Waals surface area (Å²) in [5.74, 6) is 1.53. The molecule has 1 aliphatic heterocycles. The molecule has 1 saturated heterocycles. The molecule has 166 valence electrons. The Balaban J connectivity index is 1.69. The Morgan fingerprint density at radius 3 is 2.65 bits per heavy atom. The predicted molar refractivity (Wildman–Crippen MR) is 132 cm³/mol.